The number of nitrogens with two attached hydrogens (primary N) is 1. The van der Waals surface area contributed by atoms with Crippen LogP contribution in [0, 0.1) is 9.39 Å². The molecule has 180 valence electrons. The molecule has 1 aliphatic heterocycles. The van der Waals surface area contributed by atoms with E-state index in [2.05, 4.69) is 15.2 Å². The summed E-state index contributed by atoms with van der Waals surface area (Å²) < 4.78 is 44.0. The highest BCUT2D eigenvalue weighted by molar-refractivity contribution is 14.1. The van der Waals surface area contributed by atoms with Crippen LogP contribution in [-0.4, -0.2) is 70.2 Å². The Morgan fingerprint density at radius 1 is 1.27 bits per heavy atom. The number of rotatable bonds is 6. The van der Waals surface area contributed by atoms with Crippen molar-refractivity contribution in [3.8, 4) is 0 Å². The second kappa shape index (κ2) is 9.36. The van der Waals surface area contributed by atoms with Gasteiger partial charge in [0.15, 0.2) is 0 Å². The van der Waals surface area contributed by atoms with E-state index in [0.29, 0.717) is 41.7 Å². The van der Waals surface area contributed by atoms with Crippen molar-refractivity contribution in [3.63, 3.8) is 0 Å². The maximum absolute atomic E-state index is 15.1. The van der Waals surface area contributed by atoms with Gasteiger partial charge in [0.1, 0.15) is 5.82 Å². The molecule has 1 aromatic carbocycles. The number of hydrogen-bond acceptors (Lipinski definition) is 6. The van der Waals surface area contributed by atoms with Crippen LogP contribution in [0.1, 0.15) is 41.6 Å². The molecule has 1 saturated carbocycles. The number of hydrogen-bond donors (Lipinski definition) is 1. The van der Waals surface area contributed by atoms with Gasteiger partial charge in [0.05, 0.1) is 16.8 Å². The molecule has 33 heavy (non-hydrogen) atoms. The van der Waals surface area contributed by atoms with Crippen LogP contribution in [0.15, 0.2) is 17.3 Å². The van der Waals surface area contributed by atoms with Crippen molar-refractivity contribution in [2.45, 2.75) is 42.7 Å². The summed E-state index contributed by atoms with van der Waals surface area (Å²) >= 11 is 8.30. The number of halogens is 3. The van der Waals surface area contributed by atoms with Gasteiger partial charge in [-0.1, -0.05) is 29.7 Å². The van der Waals surface area contributed by atoms with Gasteiger partial charge >= 0.3 is 0 Å². The molecule has 0 unspecified atom stereocenters. The summed E-state index contributed by atoms with van der Waals surface area (Å²) in [7, 11) is -2.10. The topological polar surface area (TPSA) is 114 Å². The van der Waals surface area contributed by atoms with E-state index in [-0.39, 0.29) is 21.2 Å². The number of primary amides is 1. The Morgan fingerprint density at radius 3 is 2.45 bits per heavy atom. The largest absolute Gasteiger partial charge is 0.366 e. The van der Waals surface area contributed by atoms with Crippen molar-refractivity contribution < 1.29 is 17.6 Å². The Morgan fingerprint density at radius 2 is 1.91 bits per heavy atom. The molecule has 0 atom stereocenters. The van der Waals surface area contributed by atoms with Gasteiger partial charge in [-0.2, -0.15) is 4.31 Å². The molecule has 13 heteroatoms. The highest BCUT2D eigenvalue weighted by Crippen LogP contribution is 2.42. The molecule has 1 aliphatic carbocycles. The van der Waals surface area contributed by atoms with E-state index in [0.717, 1.165) is 25.7 Å². The van der Waals surface area contributed by atoms with E-state index in [1.807, 2.05) is 22.6 Å². The number of benzene rings is 1. The Bertz CT molecular complexity index is 1180. The van der Waals surface area contributed by atoms with Crippen LogP contribution in [0.2, 0.25) is 5.02 Å². The van der Waals surface area contributed by atoms with Crippen LogP contribution in [0.3, 0.4) is 0 Å². The zero-order chi connectivity index (χ0) is 24.0. The van der Waals surface area contributed by atoms with E-state index in [1.165, 1.54) is 21.3 Å². The summed E-state index contributed by atoms with van der Waals surface area (Å²) in [5, 5.41) is 7.48. The van der Waals surface area contributed by atoms with Crippen molar-refractivity contribution in [1.29, 1.82) is 0 Å². The van der Waals surface area contributed by atoms with Gasteiger partial charge < -0.3 is 5.73 Å². The maximum atomic E-state index is 15.1. The van der Waals surface area contributed by atoms with E-state index >= 15 is 4.39 Å². The van der Waals surface area contributed by atoms with Crippen molar-refractivity contribution in [1.82, 2.24) is 24.2 Å². The molecule has 0 bridgehead atoms. The van der Waals surface area contributed by atoms with Gasteiger partial charge in [0.25, 0.3) is 10.0 Å². The first-order valence-corrected chi connectivity index (χ1v) is 13.5. The number of aryl methyl sites for hydroxylation is 1. The lowest BCUT2D eigenvalue weighted by atomic mass is 9.85. The van der Waals surface area contributed by atoms with E-state index in [1.54, 1.807) is 7.05 Å². The third kappa shape index (κ3) is 4.64. The molecule has 4 rings (SSSR count). The standard InChI is InChI=1S/C20H25ClFIN6O3S/c1-27-12-16(25-26-27)33(31,32)29-8-6-28(7-9-29)20(4-2-3-5-20)11-14-17(21)13(19(24)30)10-15(23)18(14)22/h10,12H,2-9,11H2,1H3,(H2,24,30). The van der Waals surface area contributed by atoms with Gasteiger partial charge in [-0.15, -0.1) is 5.10 Å². The number of carbonyl (C=O) groups excluding carboxylic acids is 1. The van der Waals surface area contributed by atoms with Gasteiger partial charge in [0, 0.05) is 47.9 Å². The average molecular weight is 611 g/mol. The minimum atomic E-state index is -3.72. The number of carbonyl (C=O) groups is 1. The van der Waals surface area contributed by atoms with Crippen LogP contribution in [-0.2, 0) is 23.5 Å². The molecule has 0 spiro atoms. The van der Waals surface area contributed by atoms with E-state index < -0.39 is 21.7 Å². The second-order valence-corrected chi connectivity index (χ2v) is 12.0. The normalized spacial score (nSPS) is 19.8. The maximum Gasteiger partial charge on any atom is 0.264 e. The molecular weight excluding hydrogens is 586 g/mol. The van der Waals surface area contributed by atoms with Crippen molar-refractivity contribution in [2.75, 3.05) is 26.2 Å². The smallest absolute Gasteiger partial charge is 0.264 e. The molecule has 2 fully saturated rings. The Hall–Kier alpha value is -1.35. The number of amides is 1. The highest BCUT2D eigenvalue weighted by Gasteiger charge is 2.43. The third-order valence-corrected chi connectivity index (χ3v) is 9.63. The van der Waals surface area contributed by atoms with Crippen molar-refractivity contribution >= 4 is 50.1 Å². The lowest BCUT2D eigenvalue weighted by molar-refractivity contribution is 0.0565. The SMILES string of the molecule is Cn1cc(S(=O)(=O)N2CCN(C3(Cc4c(F)c(I)cc(C(N)=O)c4Cl)CCCC3)CC2)nn1. The predicted octanol–water partition coefficient (Wildman–Crippen LogP) is 2.17. The Balaban J connectivity index is 1.58. The summed E-state index contributed by atoms with van der Waals surface area (Å²) in [5.41, 5.74) is 5.52. The van der Waals surface area contributed by atoms with Crippen LogP contribution in [0.4, 0.5) is 4.39 Å². The van der Waals surface area contributed by atoms with Gasteiger partial charge in [0.2, 0.25) is 10.9 Å². The first kappa shape index (κ1) is 24.8. The fraction of sp³-hybridized carbons (Fsp3) is 0.550. The Labute approximate surface area is 210 Å². The highest BCUT2D eigenvalue weighted by atomic mass is 127. The number of nitrogens with zero attached hydrogens (tertiary/aromatic N) is 5. The first-order valence-electron chi connectivity index (χ1n) is 10.6. The zero-order valence-corrected chi connectivity index (χ0v) is 21.8. The van der Waals surface area contributed by atoms with Gasteiger partial charge in [-0.3, -0.25) is 14.4 Å². The molecular formula is C20H25ClFIN6O3S. The summed E-state index contributed by atoms with van der Waals surface area (Å²) in [6, 6.07) is 1.38. The van der Waals surface area contributed by atoms with Crippen LogP contribution >= 0.6 is 34.2 Å². The quantitative estimate of drug-likeness (QED) is 0.396. The molecule has 0 radical (unpaired) electrons. The zero-order valence-electron chi connectivity index (χ0n) is 18.1. The lowest BCUT2D eigenvalue weighted by Gasteiger charge is -2.46. The fourth-order valence-corrected chi connectivity index (χ4v) is 7.21. The monoisotopic (exact) mass is 610 g/mol. The van der Waals surface area contributed by atoms with Crippen LogP contribution < -0.4 is 5.73 Å². The second-order valence-electron chi connectivity index (χ2n) is 8.61. The number of aromatic nitrogens is 3. The molecule has 2 N–H and O–H groups in total. The summed E-state index contributed by atoms with van der Waals surface area (Å²) in [4.78, 5) is 14.1. The van der Waals surface area contributed by atoms with Crippen LogP contribution in [0.5, 0.6) is 0 Å². The molecule has 2 heterocycles. The summed E-state index contributed by atoms with van der Waals surface area (Å²) in [6.07, 6.45) is 5.39. The Kier molecular flexibility index (Phi) is 7.03. The van der Waals surface area contributed by atoms with Crippen molar-refractivity contribution in [2.24, 2.45) is 12.8 Å². The molecule has 1 aromatic heterocycles. The number of piperazine rings is 1. The van der Waals surface area contributed by atoms with Crippen molar-refractivity contribution in [3.05, 3.63) is 37.8 Å². The summed E-state index contributed by atoms with van der Waals surface area (Å²) in [6.45, 7) is 1.61. The van der Waals surface area contributed by atoms with Crippen LogP contribution in [0.25, 0.3) is 0 Å². The average Bonchev–Trinajstić information content (AvgIpc) is 3.44. The molecule has 1 saturated heterocycles. The third-order valence-electron chi connectivity index (χ3n) is 6.65. The molecule has 1 amide bonds. The van der Waals surface area contributed by atoms with Gasteiger partial charge in [-0.05, 0) is 47.9 Å². The predicted molar refractivity (Wildman–Crippen MR) is 129 cm³/mol. The number of sulfonamides is 1. The molecule has 2 aromatic rings. The fourth-order valence-electron chi connectivity index (χ4n) is 4.94. The van der Waals surface area contributed by atoms with Gasteiger partial charge in [-0.25, -0.2) is 12.8 Å². The molecule has 9 nitrogen and oxygen atoms in total. The minimum Gasteiger partial charge on any atom is -0.366 e. The lowest BCUT2D eigenvalue weighted by Crippen LogP contribution is -2.58. The minimum absolute atomic E-state index is 0.0653. The summed E-state index contributed by atoms with van der Waals surface area (Å²) in [5.74, 6) is -1.12. The first-order chi connectivity index (χ1) is 15.5. The molecule has 2 aliphatic rings. The van der Waals surface area contributed by atoms with E-state index in [9.17, 15) is 13.2 Å². The van der Waals surface area contributed by atoms with E-state index in [4.69, 9.17) is 17.3 Å².